The average Bonchev–Trinajstić information content (AvgIpc) is 3.19. The van der Waals surface area contributed by atoms with Gasteiger partial charge in [-0.25, -0.2) is 0 Å². The van der Waals surface area contributed by atoms with Crippen LogP contribution in [0.1, 0.15) is 5.56 Å². The van der Waals surface area contributed by atoms with E-state index in [1.165, 1.54) is 0 Å². The molecule has 0 unspecified atom stereocenters. The van der Waals surface area contributed by atoms with Crippen LogP contribution in [0.15, 0.2) is 102 Å². The molecule has 1 amide bonds. The number of hydrogen-bond donors (Lipinski definition) is 1. The van der Waals surface area contributed by atoms with Gasteiger partial charge in [0.25, 0.3) is 0 Å². The third kappa shape index (κ3) is 3.63. The maximum absolute atomic E-state index is 12.7. The van der Waals surface area contributed by atoms with Crippen molar-refractivity contribution >= 4 is 33.3 Å². The molecule has 0 spiro atoms. The Morgan fingerprint density at radius 1 is 0.800 bits per heavy atom. The zero-order valence-corrected chi connectivity index (χ0v) is 16.2. The van der Waals surface area contributed by atoms with Gasteiger partial charge < -0.3 is 14.5 Å². The van der Waals surface area contributed by atoms with Crippen molar-refractivity contribution < 1.29 is 13.9 Å². The van der Waals surface area contributed by atoms with Gasteiger partial charge in [-0.05, 0) is 53.2 Å². The first-order valence-corrected chi connectivity index (χ1v) is 9.77. The summed E-state index contributed by atoms with van der Waals surface area (Å²) in [6.45, 7) is 0. The van der Waals surface area contributed by atoms with E-state index in [0.29, 0.717) is 5.75 Å². The lowest BCUT2D eigenvalue weighted by molar-refractivity contribution is -0.115. The normalized spacial score (nSPS) is 10.9. The number of para-hydroxylation sites is 1. The number of carbonyl (C=O) groups is 1. The highest BCUT2D eigenvalue weighted by molar-refractivity contribution is 6.09. The highest BCUT2D eigenvalue weighted by Crippen LogP contribution is 2.30. The molecule has 0 atom stereocenters. The molecule has 5 aromatic rings. The third-order valence-electron chi connectivity index (χ3n) is 5.01. The van der Waals surface area contributed by atoms with Gasteiger partial charge in [-0.3, -0.25) is 4.79 Å². The first-order valence-electron chi connectivity index (χ1n) is 9.77. The van der Waals surface area contributed by atoms with E-state index < -0.39 is 0 Å². The molecule has 146 valence electrons. The summed E-state index contributed by atoms with van der Waals surface area (Å²) in [5.41, 5.74) is 2.39. The summed E-state index contributed by atoms with van der Waals surface area (Å²) >= 11 is 0. The smallest absolute Gasteiger partial charge is 0.228 e. The summed E-state index contributed by atoms with van der Waals surface area (Å²) in [6, 6.07) is 29.0. The van der Waals surface area contributed by atoms with Crippen molar-refractivity contribution in [3.05, 3.63) is 103 Å². The zero-order chi connectivity index (χ0) is 20.3. The maximum atomic E-state index is 12.7. The van der Waals surface area contributed by atoms with E-state index in [2.05, 4.69) is 17.4 Å². The van der Waals surface area contributed by atoms with E-state index in [4.69, 9.17) is 9.15 Å². The number of rotatable bonds is 5. The minimum Gasteiger partial charge on any atom is -0.464 e. The zero-order valence-electron chi connectivity index (χ0n) is 16.2. The summed E-state index contributed by atoms with van der Waals surface area (Å²) in [7, 11) is 0. The third-order valence-corrected chi connectivity index (χ3v) is 5.01. The van der Waals surface area contributed by atoms with Crippen LogP contribution in [-0.4, -0.2) is 5.91 Å². The van der Waals surface area contributed by atoms with E-state index in [1.54, 1.807) is 6.26 Å². The Bertz CT molecular complexity index is 1320. The molecule has 30 heavy (non-hydrogen) atoms. The van der Waals surface area contributed by atoms with Crippen LogP contribution in [0, 0.1) is 0 Å². The number of benzene rings is 4. The Balaban J connectivity index is 1.31. The molecule has 4 heteroatoms. The van der Waals surface area contributed by atoms with E-state index in [1.807, 2.05) is 78.9 Å². The lowest BCUT2D eigenvalue weighted by atomic mass is 10.0. The molecule has 1 heterocycles. The summed E-state index contributed by atoms with van der Waals surface area (Å²) in [5.74, 6) is 1.39. The predicted molar refractivity (Wildman–Crippen MR) is 119 cm³/mol. The first-order chi connectivity index (χ1) is 14.8. The SMILES string of the molecule is O=C(Cc1coc2ccc3ccccc3c12)Nc1ccc(Oc2ccccc2)cc1. The first kappa shape index (κ1) is 18.0. The second-order valence-electron chi connectivity index (χ2n) is 7.09. The Morgan fingerprint density at radius 3 is 2.37 bits per heavy atom. The van der Waals surface area contributed by atoms with Gasteiger partial charge in [-0.15, -0.1) is 0 Å². The van der Waals surface area contributed by atoms with Crippen molar-refractivity contribution in [1.29, 1.82) is 0 Å². The molecule has 0 saturated heterocycles. The lowest BCUT2D eigenvalue weighted by Gasteiger charge is -2.08. The topological polar surface area (TPSA) is 51.5 Å². The molecule has 0 aliphatic rings. The van der Waals surface area contributed by atoms with Gasteiger partial charge in [0, 0.05) is 16.6 Å². The Kier molecular flexibility index (Phi) is 4.66. The van der Waals surface area contributed by atoms with Crippen molar-refractivity contribution in [2.75, 3.05) is 5.32 Å². The highest BCUT2D eigenvalue weighted by atomic mass is 16.5. The molecular weight excluding hydrogens is 374 g/mol. The predicted octanol–water partition coefficient (Wildman–Crippen LogP) is 6.56. The van der Waals surface area contributed by atoms with E-state index in [-0.39, 0.29) is 12.3 Å². The summed E-state index contributed by atoms with van der Waals surface area (Å²) in [6.07, 6.45) is 1.91. The van der Waals surface area contributed by atoms with Gasteiger partial charge in [-0.2, -0.15) is 0 Å². The fourth-order valence-electron chi connectivity index (χ4n) is 3.61. The molecule has 5 rings (SSSR count). The van der Waals surface area contributed by atoms with Crippen LogP contribution in [0.3, 0.4) is 0 Å². The number of carbonyl (C=O) groups excluding carboxylic acids is 1. The maximum Gasteiger partial charge on any atom is 0.228 e. The minimum absolute atomic E-state index is 0.0950. The van der Waals surface area contributed by atoms with Crippen LogP contribution in [0.2, 0.25) is 0 Å². The molecule has 0 aliphatic carbocycles. The van der Waals surface area contributed by atoms with Gasteiger partial charge in [0.2, 0.25) is 5.91 Å². The number of fused-ring (bicyclic) bond motifs is 3. The van der Waals surface area contributed by atoms with Crippen molar-refractivity contribution in [3.8, 4) is 11.5 Å². The van der Waals surface area contributed by atoms with Gasteiger partial charge in [0.05, 0.1) is 12.7 Å². The van der Waals surface area contributed by atoms with Crippen LogP contribution >= 0.6 is 0 Å². The van der Waals surface area contributed by atoms with Crippen molar-refractivity contribution in [2.45, 2.75) is 6.42 Å². The molecule has 1 N–H and O–H groups in total. The molecular formula is C26H19NO3. The largest absolute Gasteiger partial charge is 0.464 e. The second-order valence-corrected chi connectivity index (χ2v) is 7.09. The Morgan fingerprint density at radius 2 is 1.53 bits per heavy atom. The molecule has 0 aliphatic heterocycles. The number of hydrogen-bond acceptors (Lipinski definition) is 3. The van der Waals surface area contributed by atoms with Crippen molar-refractivity contribution in [2.24, 2.45) is 0 Å². The summed E-state index contributed by atoms with van der Waals surface area (Å²) in [4.78, 5) is 12.7. The molecule has 1 aromatic heterocycles. The summed E-state index contributed by atoms with van der Waals surface area (Å²) < 4.78 is 11.5. The van der Waals surface area contributed by atoms with Crippen LogP contribution in [-0.2, 0) is 11.2 Å². The van der Waals surface area contributed by atoms with Crippen LogP contribution in [0.5, 0.6) is 11.5 Å². The van der Waals surface area contributed by atoms with Crippen LogP contribution in [0.25, 0.3) is 21.7 Å². The lowest BCUT2D eigenvalue weighted by Crippen LogP contribution is -2.14. The number of nitrogens with one attached hydrogen (secondary N) is 1. The van der Waals surface area contributed by atoms with Gasteiger partial charge in [0.1, 0.15) is 17.1 Å². The molecule has 0 bridgehead atoms. The molecule has 0 radical (unpaired) electrons. The average molecular weight is 393 g/mol. The van der Waals surface area contributed by atoms with Gasteiger partial charge >= 0.3 is 0 Å². The van der Waals surface area contributed by atoms with Crippen molar-refractivity contribution in [3.63, 3.8) is 0 Å². The van der Waals surface area contributed by atoms with Crippen LogP contribution < -0.4 is 10.1 Å². The molecule has 0 saturated carbocycles. The van der Waals surface area contributed by atoms with E-state index in [0.717, 1.165) is 38.7 Å². The Labute approximate surface area is 173 Å². The Hall–Kier alpha value is -4.05. The number of ether oxygens (including phenoxy) is 1. The van der Waals surface area contributed by atoms with Crippen molar-refractivity contribution in [1.82, 2.24) is 0 Å². The number of anilines is 1. The van der Waals surface area contributed by atoms with E-state index >= 15 is 0 Å². The number of furan rings is 1. The fraction of sp³-hybridized carbons (Fsp3) is 0.0385. The molecule has 0 fully saturated rings. The summed E-state index contributed by atoms with van der Waals surface area (Å²) in [5, 5.41) is 6.16. The standard InChI is InChI=1S/C26H19NO3/c28-25(27-20-11-13-22(14-12-20)30-21-7-2-1-3-8-21)16-19-17-29-24-15-10-18-6-4-5-9-23(18)26(19)24/h1-15,17H,16H2,(H,27,28). The number of amides is 1. The van der Waals surface area contributed by atoms with Crippen LogP contribution in [0.4, 0.5) is 5.69 Å². The van der Waals surface area contributed by atoms with Gasteiger partial charge in [-0.1, -0.05) is 48.5 Å². The quantitative estimate of drug-likeness (QED) is 0.368. The highest BCUT2D eigenvalue weighted by Gasteiger charge is 2.13. The monoisotopic (exact) mass is 393 g/mol. The second kappa shape index (κ2) is 7.76. The fourth-order valence-corrected chi connectivity index (χ4v) is 3.61. The minimum atomic E-state index is -0.0950. The molecule has 4 nitrogen and oxygen atoms in total. The molecule has 4 aromatic carbocycles. The van der Waals surface area contributed by atoms with Gasteiger partial charge in [0.15, 0.2) is 0 Å². The van der Waals surface area contributed by atoms with E-state index in [9.17, 15) is 4.79 Å².